The molecule has 0 spiro atoms. The Morgan fingerprint density at radius 1 is 1.22 bits per heavy atom. The van der Waals surface area contributed by atoms with Crippen molar-refractivity contribution in [3.63, 3.8) is 0 Å². The van der Waals surface area contributed by atoms with Gasteiger partial charge in [0, 0.05) is 26.4 Å². The Morgan fingerprint density at radius 2 is 1.97 bits per heavy atom. The number of piperidine rings is 1. The van der Waals surface area contributed by atoms with E-state index in [1.807, 2.05) is 29.8 Å². The fourth-order valence-electron chi connectivity index (χ4n) is 5.08. The highest BCUT2D eigenvalue weighted by Crippen LogP contribution is 2.45. The van der Waals surface area contributed by atoms with E-state index >= 15 is 0 Å². The van der Waals surface area contributed by atoms with Crippen LogP contribution in [-0.2, 0) is 10.6 Å². The second-order valence-electron chi connectivity index (χ2n) is 10.9. The van der Waals surface area contributed by atoms with E-state index in [1.54, 1.807) is 25.6 Å². The van der Waals surface area contributed by atoms with Crippen LogP contribution in [0.1, 0.15) is 23.2 Å². The molecule has 1 aromatic heterocycles. The molecule has 1 N–H and O–H groups in total. The van der Waals surface area contributed by atoms with Crippen molar-refractivity contribution in [2.24, 2.45) is 5.16 Å². The molecule has 7 nitrogen and oxygen atoms in total. The highest BCUT2D eigenvalue weighted by molar-refractivity contribution is 6.77. The van der Waals surface area contributed by atoms with E-state index in [9.17, 15) is 9.50 Å². The average molecular weight is 521 g/mol. The summed E-state index contributed by atoms with van der Waals surface area (Å²) in [7, 11) is 0.0644. The summed E-state index contributed by atoms with van der Waals surface area (Å²) in [4.78, 5) is 12.4. The van der Waals surface area contributed by atoms with Gasteiger partial charge < -0.3 is 24.1 Å². The number of nitrogens with zero attached hydrogens (tertiary/aromatic N) is 4. The molecule has 3 aromatic rings. The van der Waals surface area contributed by atoms with Crippen LogP contribution in [0.15, 0.2) is 65.7 Å². The van der Waals surface area contributed by atoms with Gasteiger partial charge in [-0.2, -0.15) is 0 Å². The Balaban J connectivity index is 1.55. The number of rotatable bonds is 6. The molecule has 0 radical (unpaired) electrons. The molecule has 0 aliphatic carbocycles. The van der Waals surface area contributed by atoms with Gasteiger partial charge >= 0.3 is 0 Å². The van der Waals surface area contributed by atoms with Crippen LogP contribution in [0.5, 0.6) is 5.75 Å². The molecule has 37 heavy (non-hydrogen) atoms. The van der Waals surface area contributed by atoms with Gasteiger partial charge in [-0.15, -0.1) is 0 Å². The van der Waals surface area contributed by atoms with E-state index in [1.165, 1.54) is 12.1 Å². The Kier molecular flexibility index (Phi) is 6.45. The van der Waals surface area contributed by atoms with Gasteiger partial charge in [-0.1, -0.05) is 30.9 Å². The molecule has 3 heterocycles. The van der Waals surface area contributed by atoms with Crippen LogP contribution in [0, 0.1) is 12.7 Å². The first kappa shape index (κ1) is 25.2. The summed E-state index contributed by atoms with van der Waals surface area (Å²) >= 11 is 0. The molecule has 5 rings (SSSR count). The molecule has 1 saturated heterocycles. The number of aliphatic hydroxyl groups is 1. The minimum Gasteiger partial charge on any atom is -0.495 e. The number of fused-ring (bicyclic) bond motifs is 1. The van der Waals surface area contributed by atoms with Gasteiger partial charge in [0.05, 0.1) is 24.8 Å². The van der Waals surface area contributed by atoms with Crippen LogP contribution in [0.2, 0.25) is 25.2 Å². The van der Waals surface area contributed by atoms with Crippen LogP contribution in [0.4, 0.5) is 4.39 Å². The molecule has 2 aliphatic heterocycles. The number of hydrogen-bond acceptors (Lipinski definition) is 6. The van der Waals surface area contributed by atoms with Crippen LogP contribution in [0.25, 0.3) is 11.8 Å². The van der Waals surface area contributed by atoms with E-state index in [4.69, 9.17) is 9.57 Å². The standard InChI is InChI=1S/C28H33FN4O3Si/c1-19-15-32(18-30-19)25-11-6-20(13-26(25)35-2)12-21-14-24(37(3,4)5)16-33-27(21)31-36-28(33,17-34)22-7-9-23(29)10-8-22/h6-13,15,18,24,34H,14,16-17H2,1-5H3/b21-12+. The van der Waals surface area contributed by atoms with Crippen LogP contribution >= 0.6 is 0 Å². The lowest BCUT2D eigenvalue weighted by molar-refractivity contribution is -0.137. The number of oxime groups is 1. The lowest BCUT2D eigenvalue weighted by atomic mass is 9.94. The summed E-state index contributed by atoms with van der Waals surface area (Å²) in [6.45, 7) is 9.44. The van der Waals surface area contributed by atoms with Crippen molar-refractivity contribution in [2.75, 3.05) is 20.3 Å². The first-order valence-corrected chi connectivity index (χ1v) is 16.0. The molecule has 0 amide bonds. The van der Waals surface area contributed by atoms with Crippen molar-refractivity contribution >= 4 is 20.0 Å². The molecule has 194 valence electrons. The fraction of sp³-hybridized carbons (Fsp3) is 0.357. The topological polar surface area (TPSA) is 72.1 Å². The number of imidazole rings is 1. The average Bonchev–Trinajstić information content (AvgIpc) is 3.48. The molecule has 2 aromatic carbocycles. The van der Waals surface area contributed by atoms with Gasteiger partial charge in [-0.3, -0.25) is 0 Å². The number of benzene rings is 2. The second-order valence-corrected chi connectivity index (χ2v) is 16.4. The van der Waals surface area contributed by atoms with Crippen molar-refractivity contribution in [1.29, 1.82) is 0 Å². The predicted octanol–water partition coefficient (Wildman–Crippen LogP) is 5.31. The number of amidine groups is 1. The third kappa shape index (κ3) is 4.57. The maximum Gasteiger partial charge on any atom is 0.260 e. The van der Waals surface area contributed by atoms with E-state index in [-0.39, 0.29) is 12.4 Å². The van der Waals surface area contributed by atoms with Gasteiger partial charge in [0.2, 0.25) is 0 Å². The van der Waals surface area contributed by atoms with E-state index in [0.29, 0.717) is 23.5 Å². The van der Waals surface area contributed by atoms with Crippen LogP contribution in [0.3, 0.4) is 0 Å². The third-order valence-electron chi connectivity index (χ3n) is 7.40. The zero-order chi connectivity index (χ0) is 26.4. The maximum atomic E-state index is 13.7. The molecule has 9 heteroatoms. The van der Waals surface area contributed by atoms with Crippen molar-refractivity contribution in [3.8, 4) is 11.4 Å². The fourth-order valence-corrected chi connectivity index (χ4v) is 6.64. The third-order valence-corrected chi connectivity index (χ3v) is 10.2. The summed E-state index contributed by atoms with van der Waals surface area (Å²) in [5.74, 6) is 1.11. The normalized spacial score (nSPS) is 22.6. The SMILES string of the molecule is COc1cc(/C=C2\CC([Si](C)(C)C)CN3C2=NOC3(CO)c2ccc(F)cc2)ccc1-n1cnc(C)c1. The van der Waals surface area contributed by atoms with Gasteiger partial charge in [0.15, 0.2) is 5.84 Å². The predicted molar refractivity (Wildman–Crippen MR) is 145 cm³/mol. The van der Waals surface area contributed by atoms with Crippen molar-refractivity contribution in [3.05, 3.63) is 83.2 Å². The molecule has 2 atom stereocenters. The van der Waals surface area contributed by atoms with Gasteiger partial charge in [0.1, 0.15) is 18.2 Å². The summed E-state index contributed by atoms with van der Waals surface area (Å²) < 4.78 is 21.4. The molecule has 1 fully saturated rings. The number of halogens is 1. The Morgan fingerprint density at radius 3 is 2.59 bits per heavy atom. The molecule has 0 saturated carbocycles. The Hall–Kier alpha value is -3.43. The van der Waals surface area contributed by atoms with E-state index in [2.05, 4.69) is 46.8 Å². The zero-order valence-electron chi connectivity index (χ0n) is 21.9. The zero-order valence-corrected chi connectivity index (χ0v) is 22.9. The van der Waals surface area contributed by atoms with E-state index < -0.39 is 13.8 Å². The highest BCUT2D eigenvalue weighted by Gasteiger charge is 2.52. The number of aromatic nitrogens is 2. The largest absolute Gasteiger partial charge is 0.495 e. The molecular weight excluding hydrogens is 487 g/mol. The number of ether oxygens (including phenoxy) is 1. The second kappa shape index (κ2) is 9.46. The molecular formula is C28H33FN4O3Si. The summed E-state index contributed by atoms with van der Waals surface area (Å²) in [5, 5.41) is 15.1. The summed E-state index contributed by atoms with van der Waals surface area (Å²) in [6, 6.07) is 12.2. The number of hydrogen-bond donors (Lipinski definition) is 1. The minimum atomic E-state index is -1.60. The van der Waals surface area contributed by atoms with Crippen molar-refractivity contribution in [2.45, 2.75) is 44.3 Å². The van der Waals surface area contributed by atoms with Gasteiger partial charge in [-0.05, 0) is 72.5 Å². The van der Waals surface area contributed by atoms with Crippen molar-refractivity contribution < 1.29 is 19.1 Å². The minimum absolute atomic E-state index is 0.301. The van der Waals surface area contributed by atoms with Crippen molar-refractivity contribution in [1.82, 2.24) is 14.5 Å². The lowest BCUT2D eigenvalue weighted by Crippen LogP contribution is -2.54. The number of methoxy groups -OCH3 is 1. The van der Waals surface area contributed by atoms with Crippen LogP contribution < -0.4 is 4.74 Å². The maximum absolute atomic E-state index is 13.7. The van der Waals surface area contributed by atoms with Crippen LogP contribution in [-0.4, -0.2) is 53.7 Å². The van der Waals surface area contributed by atoms with Gasteiger partial charge in [-0.25, -0.2) is 9.37 Å². The summed E-state index contributed by atoms with van der Waals surface area (Å²) in [5.41, 5.74) is 3.77. The smallest absolute Gasteiger partial charge is 0.260 e. The first-order valence-electron chi connectivity index (χ1n) is 12.5. The first-order chi connectivity index (χ1) is 17.6. The highest BCUT2D eigenvalue weighted by atomic mass is 28.3. The van der Waals surface area contributed by atoms with Gasteiger partial charge in [0.25, 0.3) is 5.72 Å². The van der Waals surface area contributed by atoms with E-state index in [0.717, 1.165) is 34.7 Å². The lowest BCUT2D eigenvalue weighted by Gasteiger charge is -2.44. The quantitative estimate of drug-likeness (QED) is 0.446. The Bertz CT molecular complexity index is 1360. The Labute approximate surface area is 217 Å². The molecule has 2 aliphatic rings. The monoisotopic (exact) mass is 520 g/mol. The number of aryl methyl sites for hydroxylation is 1. The molecule has 0 bridgehead atoms. The summed E-state index contributed by atoms with van der Waals surface area (Å²) in [6.07, 6.45) is 6.73. The molecule has 2 unspecified atom stereocenters. The number of aliphatic hydroxyl groups excluding tert-OH is 1.